The predicted molar refractivity (Wildman–Crippen MR) is 59.8 cm³/mol. The minimum Gasteiger partial charge on any atom is -0.326 e. The van der Waals surface area contributed by atoms with Gasteiger partial charge in [0.1, 0.15) is 0 Å². The molecule has 2 unspecified atom stereocenters. The number of nitrogens with two attached hydrogens (primary N) is 1. The minimum absolute atomic E-state index is 0.0823. The molecule has 0 aromatic rings. The highest BCUT2D eigenvalue weighted by Gasteiger charge is 2.31. The van der Waals surface area contributed by atoms with E-state index in [4.69, 9.17) is 5.73 Å². The molecular formula is C11H24N2. The molecule has 0 radical (unpaired) electrons. The van der Waals surface area contributed by atoms with Crippen LogP contribution in [0.4, 0.5) is 0 Å². The van der Waals surface area contributed by atoms with Crippen molar-refractivity contribution in [3.05, 3.63) is 12.2 Å². The zero-order valence-corrected chi connectivity index (χ0v) is 9.72. The number of hydrogen-bond acceptors (Lipinski definition) is 2. The zero-order chi connectivity index (χ0) is 10.6. The summed E-state index contributed by atoms with van der Waals surface area (Å²) >= 11 is 0. The van der Waals surface area contributed by atoms with Gasteiger partial charge in [-0.3, -0.25) is 0 Å². The molecule has 0 saturated heterocycles. The van der Waals surface area contributed by atoms with Gasteiger partial charge in [0.15, 0.2) is 0 Å². The molecule has 2 atom stereocenters. The molecule has 0 amide bonds. The third kappa shape index (κ3) is 3.12. The molecule has 0 heterocycles. The molecule has 2 N–H and O–H groups in total. The largest absolute Gasteiger partial charge is 0.326 e. The summed E-state index contributed by atoms with van der Waals surface area (Å²) in [7, 11) is 4.17. The van der Waals surface area contributed by atoms with E-state index in [0.29, 0.717) is 0 Å². The molecule has 0 spiro atoms. The van der Waals surface area contributed by atoms with Crippen molar-refractivity contribution in [2.75, 3.05) is 14.1 Å². The van der Waals surface area contributed by atoms with Crippen LogP contribution >= 0.6 is 0 Å². The van der Waals surface area contributed by atoms with Gasteiger partial charge in [-0.05, 0) is 40.8 Å². The average molecular weight is 184 g/mol. The highest BCUT2D eigenvalue weighted by Crippen LogP contribution is 2.23. The molecule has 0 bridgehead atoms. The molecule has 78 valence electrons. The maximum atomic E-state index is 6.16. The summed E-state index contributed by atoms with van der Waals surface area (Å²) in [6, 6.07) is 0.171. The van der Waals surface area contributed by atoms with Gasteiger partial charge in [-0.2, -0.15) is 0 Å². The molecule has 0 aliphatic carbocycles. The van der Waals surface area contributed by atoms with Crippen molar-refractivity contribution in [3.63, 3.8) is 0 Å². The molecule has 2 heteroatoms. The number of nitrogens with zero attached hydrogens (tertiary/aromatic N) is 1. The van der Waals surface area contributed by atoms with Gasteiger partial charge in [0.05, 0.1) is 0 Å². The van der Waals surface area contributed by atoms with Crippen LogP contribution in [0.15, 0.2) is 12.2 Å². The summed E-state index contributed by atoms with van der Waals surface area (Å²) in [5, 5.41) is 0. The summed E-state index contributed by atoms with van der Waals surface area (Å²) < 4.78 is 0. The Labute approximate surface area is 82.8 Å². The summed E-state index contributed by atoms with van der Waals surface area (Å²) in [6.07, 6.45) is 1.97. The van der Waals surface area contributed by atoms with E-state index in [9.17, 15) is 0 Å². The molecule has 0 fully saturated rings. The summed E-state index contributed by atoms with van der Waals surface area (Å²) in [5.74, 6) is 0. The third-order valence-corrected chi connectivity index (χ3v) is 3.10. The first kappa shape index (κ1) is 12.7. The van der Waals surface area contributed by atoms with Crippen LogP contribution in [0.5, 0.6) is 0 Å². The van der Waals surface area contributed by atoms with Crippen LogP contribution in [0, 0.1) is 0 Å². The maximum Gasteiger partial charge on any atom is 0.0326 e. The van der Waals surface area contributed by atoms with Gasteiger partial charge in [0.25, 0.3) is 0 Å². The molecular weight excluding hydrogens is 160 g/mol. The van der Waals surface area contributed by atoms with Crippen molar-refractivity contribution in [2.24, 2.45) is 5.73 Å². The van der Waals surface area contributed by atoms with Crippen LogP contribution in [0.2, 0.25) is 0 Å². The molecule has 0 saturated carbocycles. The van der Waals surface area contributed by atoms with Crippen LogP contribution in [0.3, 0.4) is 0 Å². The second kappa shape index (κ2) is 4.77. The number of likely N-dealkylation sites (N-methyl/N-ethyl adjacent to an activating group) is 1. The highest BCUT2D eigenvalue weighted by atomic mass is 15.2. The fourth-order valence-electron chi connectivity index (χ4n) is 1.51. The van der Waals surface area contributed by atoms with E-state index in [0.717, 1.165) is 18.4 Å². The number of rotatable bonds is 5. The van der Waals surface area contributed by atoms with Gasteiger partial charge in [-0.25, -0.2) is 0 Å². The minimum atomic E-state index is 0.0823. The lowest BCUT2D eigenvalue weighted by Gasteiger charge is -2.41. The van der Waals surface area contributed by atoms with Crippen molar-refractivity contribution in [3.8, 4) is 0 Å². The normalized spacial score (nSPS) is 18.4. The molecule has 0 aromatic heterocycles. The van der Waals surface area contributed by atoms with E-state index in [1.807, 2.05) is 6.92 Å². The van der Waals surface area contributed by atoms with Crippen LogP contribution < -0.4 is 5.73 Å². The van der Waals surface area contributed by atoms with Gasteiger partial charge in [0.2, 0.25) is 0 Å². The second-order valence-electron chi connectivity index (χ2n) is 4.37. The summed E-state index contributed by atoms with van der Waals surface area (Å²) in [4.78, 5) is 2.21. The molecule has 0 aliphatic rings. The first-order valence-electron chi connectivity index (χ1n) is 4.92. The lowest BCUT2D eigenvalue weighted by Crippen LogP contribution is -2.54. The van der Waals surface area contributed by atoms with E-state index in [-0.39, 0.29) is 11.6 Å². The van der Waals surface area contributed by atoms with Crippen molar-refractivity contribution in [1.82, 2.24) is 4.90 Å². The van der Waals surface area contributed by atoms with Crippen LogP contribution in [-0.2, 0) is 0 Å². The Morgan fingerprint density at radius 1 is 1.54 bits per heavy atom. The Balaban J connectivity index is 4.46. The van der Waals surface area contributed by atoms with Gasteiger partial charge < -0.3 is 10.6 Å². The average Bonchev–Trinajstić information content (AvgIpc) is 2.01. The molecule has 13 heavy (non-hydrogen) atoms. The maximum absolute atomic E-state index is 6.16. The van der Waals surface area contributed by atoms with Crippen LogP contribution in [0.1, 0.15) is 33.6 Å². The van der Waals surface area contributed by atoms with Crippen molar-refractivity contribution < 1.29 is 0 Å². The molecule has 2 nitrogen and oxygen atoms in total. The fourth-order valence-corrected chi connectivity index (χ4v) is 1.51. The van der Waals surface area contributed by atoms with Crippen molar-refractivity contribution in [1.29, 1.82) is 0 Å². The quantitative estimate of drug-likeness (QED) is 0.662. The van der Waals surface area contributed by atoms with Gasteiger partial charge in [-0.15, -0.1) is 6.58 Å². The van der Waals surface area contributed by atoms with Crippen molar-refractivity contribution >= 4 is 0 Å². The Hall–Kier alpha value is -0.340. The molecule has 0 rings (SSSR count). The Morgan fingerprint density at radius 2 is 2.00 bits per heavy atom. The summed E-state index contributed by atoms with van der Waals surface area (Å²) in [5.41, 5.74) is 7.41. The standard InChI is InChI=1S/C11H24N2/c1-7-11(4,13(5)6)10(12)8-9(2)3/h10H,2,7-8,12H2,1,3-6H3. The predicted octanol–water partition coefficient (Wildman–Crippen LogP) is 2.01. The Morgan fingerprint density at radius 3 is 2.23 bits per heavy atom. The SMILES string of the molecule is C=C(C)CC(N)C(C)(CC)N(C)C. The van der Waals surface area contributed by atoms with E-state index in [2.05, 4.69) is 39.4 Å². The van der Waals surface area contributed by atoms with Crippen LogP contribution in [-0.4, -0.2) is 30.6 Å². The van der Waals surface area contributed by atoms with E-state index in [1.54, 1.807) is 0 Å². The highest BCUT2D eigenvalue weighted by molar-refractivity contribution is 5.01. The van der Waals surface area contributed by atoms with E-state index < -0.39 is 0 Å². The first-order chi connectivity index (χ1) is 5.84. The van der Waals surface area contributed by atoms with Crippen molar-refractivity contribution in [2.45, 2.75) is 45.2 Å². The Kier molecular flexibility index (Phi) is 4.65. The monoisotopic (exact) mass is 184 g/mol. The van der Waals surface area contributed by atoms with E-state index in [1.165, 1.54) is 0 Å². The fraction of sp³-hybridized carbons (Fsp3) is 0.818. The second-order valence-corrected chi connectivity index (χ2v) is 4.37. The lowest BCUT2D eigenvalue weighted by atomic mass is 9.85. The van der Waals surface area contributed by atoms with E-state index >= 15 is 0 Å². The topological polar surface area (TPSA) is 29.3 Å². The van der Waals surface area contributed by atoms with Gasteiger partial charge in [-0.1, -0.05) is 12.5 Å². The molecule has 0 aliphatic heterocycles. The third-order valence-electron chi connectivity index (χ3n) is 3.10. The first-order valence-corrected chi connectivity index (χ1v) is 4.92. The summed E-state index contributed by atoms with van der Waals surface area (Å²) in [6.45, 7) is 10.3. The number of hydrogen-bond donors (Lipinski definition) is 1. The molecule has 0 aromatic carbocycles. The van der Waals surface area contributed by atoms with Gasteiger partial charge in [0, 0.05) is 11.6 Å². The van der Waals surface area contributed by atoms with Crippen LogP contribution in [0.25, 0.3) is 0 Å². The lowest BCUT2D eigenvalue weighted by molar-refractivity contribution is 0.131. The Bertz CT molecular complexity index is 175. The smallest absolute Gasteiger partial charge is 0.0326 e. The van der Waals surface area contributed by atoms with Gasteiger partial charge >= 0.3 is 0 Å². The zero-order valence-electron chi connectivity index (χ0n) is 9.72.